The Morgan fingerprint density at radius 2 is 1.82 bits per heavy atom. The van der Waals surface area contributed by atoms with Crippen molar-refractivity contribution in [1.29, 1.82) is 0 Å². The quantitative estimate of drug-likeness (QED) is 0.251. The number of nitrogens with two attached hydrogens (primary N) is 1. The van der Waals surface area contributed by atoms with E-state index < -0.39 is 6.36 Å². The molecule has 0 saturated heterocycles. The molecule has 5 aromatic rings. The van der Waals surface area contributed by atoms with Gasteiger partial charge < -0.3 is 26.0 Å². The zero-order chi connectivity index (χ0) is 27.6. The van der Waals surface area contributed by atoms with E-state index in [1.807, 2.05) is 24.2 Å². The highest BCUT2D eigenvalue weighted by Gasteiger charge is 2.31. The SMILES string of the molecule is CN(c1cnc2c(c1)nc(Nc1ccc(OC(F)(F)F)cc1)n2C)c1ccnc(Nc2cnn(CCN)c2)n1. The van der Waals surface area contributed by atoms with Gasteiger partial charge in [-0.2, -0.15) is 10.1 Å². The van der Waals surface area contributed by atoms with Gasteiger partial charge >= 0.3 is 6.36 Å². The topological polar surface area (TPSA) is 137 Å². The second-order valence-electron chi connectivity index (χ2n) is 8.43. The molecule has 0 saturated carbocycles. The number of anilines is 6. The van der Waals surface area contributed by atoms with Crippen LogP contribution in [0.5, 0.6) is 5.75 Å². The van der Waals surface area contributed by atoms with Gasteiger partial charge in [-0.15, -0.1) is 13.2 Å². The molecule has 0 aliphatic rings. The van der Waals surface area contributed by atoms with Crippen molar-refractivity contribution in [3.63, 3.8) is 0 Å². The molecular formula is C24H24F3N11O. The zero-order valence-corrected chi connectivity index (χ0v) is 20.9. The lowest BCUT2D eigenvalue weighted by Gasteiger charge is -2.18. The molecule has 4 aromatic heterocycles. The van der Waals surface area contributed by atoms with Gasteiger partial charge in [0.25, 0.3) is 0 Å². The normalized spacial score (nSPS) is 11.5. The standard InChI is InChI=1S/C24H24F3N11O/c1-36(20-7-9-29-22(35-20)32-16-12-31-38(14-16)10-8-28)17-11-19-21(30-13-17)37(2)23(34-19)33-15-3-5-18(6-4-15)39-24(25,26)27/h3-7,9,11-14H,8,10,28H2,1-2H3,(H,33,34)(H,29,32,35). The van der Waals surface area contributed by atoms with Crippen LogP contribution in [0.15, 0.2) is 61.2 Å². The maximum Gasteiger partial charge on any atom is 0.573 e. The number of pyridine rings is 1. The molecular weight excluding hydrogens is 515 g/mol. The van der Waals surface area contributed by atoms with Gasteiger partial charge in [-0.1, -0.05) is 0 Å². The van der Waals surface area contributed by atoms with E-state index in [4.69, 9.17) is 5.73 Å². The molecule has 5 rings (SSSR count). The fourth-order valence-electron chi connectivity index (χ4n) is 3.77. The number of fused-ring (bicyclic) bond motifs is 1. The van der Waals surface area contributed by atoms with Gasteiger partial charge in [-0.05, 0) is 36.4 Å². The number of aryl methyl sites for hydroxylation is 1. The predicted octanol–water partition coefficient (Wildman–Crippen LogP) is 4.07. The number of nitrogens with one attached hydrogen (secondary N) is 2. The van der Waals surface area contributed by atoms with Crippen molar-refractivity contribution in [1.82, 2.24) is 34.3 Å². The molecule has 0 unspecified atom stereocenters. The lowest BCUT2D eigenvalue weighted by molar-refractivity contribution is -0.274. The summed E-state index contributed by atoms with van der Waals surface area (Å²) in [5, 5.41) is 10.4. The fourth-order valence-corrected chi connectivity index (χ4v) is 3.77. The largest absolute Gasteiger partial charge is 0.573 e. The van der Waals surface area contributed by atoms with Crippen LogP contribution in [0.4, 0.5) is 47.9 Å². The van der Waals surface area contributed by atoms with Crippen molar-refractivity contribution < 1.29 is 17.9 Å². The Labute approximate surface area is 220 Å². The number of alkyl halides is 3. The third-order valence-electron chi connectivity index (χ3n) is 5.66. The highest BCUT2D eigenvalue weighted by Crippen LogP contribution is 2.28. The first-order valence-corrected chi connectivity index (χ1v) is 11.7. The van der Waals surface area contributed by atoms with E-state index >= 15 is 0 Å². The number of halogens is 3. The van der Waals surface area contributed by atoms with E-state index in [0.29, 0.717) is 47.7 Å². The highest BCUT2D eigenvalue weighted by atomic mass is 19.4. The van der Waals surface area contributed by atoms with Gasteiger partial charge in [0, 0.05) is 38.7 Å². The van der Waals surface area contributed by atoms with Crippen LogP contribution in [0.25, 0.3) is 11.2 Å². The number of ether oxygens (including phenoxy) is 1. The third-order valence-corrected chi connectivity index (χ3v) is 5.66. The van der Waals surface area contributed by atoms with Crippen LogP contribution in [0.1, 0.15) is 0 Å². The molecule has 12 nitrogen and oxygen atoms in total. The molecule has 0 aliphatic heterocycles. The molecule has 39 heavy (non-hydrogen) atoms. The minimum atomic E-state index is -4.75. The van der Waals surface area contributed by atoms with Crippen LogP contribution in [0.3, 0.4) is 0 Å². The van der Waals surface area contributed by atoms with Crippen LogP contribution < -0.4 is 26.0 Å². The van der Waals surface area contributed by atoms with Crippen molar-refractivity contribution in [2.45, 2.75) is 12.9 Å². The minimum absolute atomic E-state index is 0.308. The second-order valence-corrected chi connectivity index (χ2v) is 8.43. The smallest absolute Gasteiger partial charge is 0.406 e. The average molecular weight is 540 g/mol. The van der Waals surface area contributed by atoms with Crippen molar-refractivity contribution in [2.75, 3.05) is 29.1 Å². The number of benzene rings is 1. The first-order valence-electron chi connectivity index (χ1n) is 11.7. The Bertz CT molecular complexity index is 1580. The number of aromatic nitrogens is 7. The molecule has 0 fully saturated rings. The zero-order valence-electron chi connectivity index (χ0n) is 20.9. The summed E-state index contributed by atoms with van der Waals surface area (Å²) in [6.07, 6.45) is 2.09. The lowest BCUT2D eigenvalue weighted by Crippen LogP contribution is -2.17. The first kappa shape index (κ1) is 25.7. The van der Waals surface area contributed by atoms with Gasteiger partial charge in [-0.3, -0.25) is 9.25 Å². The summed E-state index contributed by atoms with van der Waals surface area (Å²) < 4.78 is 44.6. The molecule has 0 atom stereocenters. The van der Waals surface area contributed by atoms with Gasteiger partial charge in [0.1, 0.15) is 17.1 Å². The summed E-state index contributed by atoms with van der Waals surface area (Å²) >= 11 is 0. The van der Waals surface area contributed by atoms with Gasteiger partial charge in [-0.25, -0.2) is 15.0 Å². The summed E-state index contributed by atoms with van der Waals surface area (Å²) in [6.45, 7) is 1.09. The molecule has 0 amide bonds. The number of nitrogens with zero attached hydrogens (tertiary/aromatic N) is 8. The molecule has 0 bridgehead atoms. The molecule has 1 aromatic carbocycles. The molecule has 0 aliphatic carbocycles. The number of imidazole rings is 1. The number of hydrogen-bond acceptors (Lipinski definition) is 10. The predicted molar refractivity (Wildman–Crippen MR) is 140 cm³/mol. The number of hydrogen-bond donors (Lipinski definition) is 3. The maximum atomic E-state index is 12.4. The summed E-state index contributed by atoms with van der Waals surface area (Å²) in [6, 6.07) is 9.01. The van der Waals surface area contributed by atoms with Crippen LogP contribution in [0, 0.1) is 0 Å². The molecule has 0 radical (unpaired) electrons. The summed E-state index contributed by atoms with van der Waals surface area (Å²) in [5.41, 5.74) is 8.81. The van der Waals surface area contributed by atoms with Crippen LogP contribution in [-0.4, -0.2) is 54.2 Å². The van der Waals surface area contributed by atoms with E-state index in [0.717, 1.165) is 11.4 Å². The Morgan fingerprint density at radius 1 is 1.03 bits per heavy atom. The van der Waals surface area contributed by atoms with E-state index in [9.17, 15) is 13.2 Å². The van der Waals surface area contributed by atoms with Crippen LogP contribution >= 0.6 is 0 Å². The van der Waals surface area contributed by atoms with E-state index in [1.54, 1.807) is 41.0 Å². The van der Waals surface area contributed by atoms with E-state index in [1.165, 1.54) is 24.3 Å². The van der Waals surface area contributed by atoms with Gasteiger partial charge in [0.15, 0.2) is 5.65 Å². The van der Waals surface area contributed by atoms with Crippen molar-refractivity contribution in [3.05, 3.63) is 61.2 Å². The molecule has 0 spiro atoms. The number of rotatable bonds is 9. The van der Waals surface area contributed by atoms with E-state index in [2.05, 4.69) is 40.4 Å². The Balaban J connectivity index is 1.32. The van der Waals surface area contributed by atoms with Crippen LogP contribution in [-0.2, 0) is 13.6 Å². The first-order chi connectivity index (χ1) is 18.7. The minimum Gasteiger partial charge on any atom is -0.406 e. The molecule has 15 heteroatoms. The molecule has 202 valence electrons. The maximum absolute atomic E-state index is 12.4. The van der Waals surface area contributed by atoms with Crippen molar-refractivity contribution in [2.24, 2.45) is 12.8 Å². The van der Waals surface area contributed by atoms with Gasteiger partial charge in [0.05, 0.1) is 30.3 Å². The van der Waals surface area contributed by atoms with Crippen LogP contribution in [0.2, 0.25) is 0 Å². The monoisotopic (exact) mass is 539 g/mol. The third kappa shape index (κ3) is 5.98. The van der Waals surface area contributed by atoms with E-state index in [-0.39, 0.29) is 5.75 Å². The molecule has 4 heterocycles. The van der Waals surface area contributed by atoms with Gasteiger partial charge in [0.2, 0.25) is 11.9 Å². The lowest BCUT2D eigenvalue weighted by atomic mass is 10.3. The summed E-state index contributed by atoms with van der Waals surface area (Å²) in [7, 11) is 3.63. The second kappa shape index (κ2) is 10.4. The Hall–Kier alpha value is -4.92. The highest BCUT2D eigenvalue weighted by molar-refractivity contribution is 5.80. The average Bonchev–Trinajstić information content (AvgIpc) is 3.47. The summed E-state index contributed by atoms with van der Waals surface area (Å²) in [5.74, 6) is 1.18. The van der Waals surface area contributed by atoms with Crippen molar-refractivity contribution >= 4 is 45.9 Å². The van der Waals surface area contributed by atoms with Crippen molar-refractivity contribution in [3.8, 4) is 5.75 Å². The Kier molecular flexibility index (Phi) is 6.89. The molecule has 4 N–H and O–H groups in total. The fraction of sp³-hybridized carbons (Fsp3) is 0.208. The summed E-state index contributed by atoms with van der Waals surface area (Å²) in [4.78, 5) is 19.9. The Morgan fingerprint density at radius 3 is 2.56 bits per heavy atom.